The number of hydrogen-bond acceptors (Lipinski definition) is 2. The van der Waals surface area contributed by atoms with E-state index in [-0.39, 0.29) is 0 Å². The summed E-state index contributed by atoms with van der Waals surface area (Å²) >= 11 is 5.28. The van der Waals surface area contributed by atoms with E-state index in [1.165, 1.54) is 0 Å². The summed E-state index contributed by atoms with van der Waals surface area (Å²) in [5.41, 5.74) is 1.14. The van der Waals surface area contributed by atoms with E-state index in [1.54, 1.807) is 0 Å². The van der Waals surface area contributed by atoms with Crippen LogP contribution in [0.5, 0.6) is 0 Å². The van der Waals surface area contributed by atoms with Crippen molar-refractivity contribution in [3.05, 3.63) is 16.6 Å². The monoisotopic (exact) mass is 248 g/mol. The number of nitrogens with zero attached hydrogens (tertiary/aromatic N) is 2. The van der Waals surface area contributed by atoms with Gasteiger partial charge in [0.15, 0.2) is 4.73 Å². The molecule has 0 saturated heterocycles. The molecular weight excluding hydrogens is 236 g/mol. The van der Waals surface area contributed by atoms with Gasteiger partial charge in [-0.05, 0) is 21.2 Å². The smallest absolute Gasteiger partial charge is 0.177 e. The van der Waals surface area contributed by atoms with Crippen molar-refractivity contribution in [1.29, 1.82) is 0 Å². The molecule has 0 aromatic carbocycles. The second-order valence-electron chi connectivity index (χ2n) is 2.97. The van der Waals surface area contributed by atoms with Crippen LogP contribution in [0, 0.1) is 0 Å². The highest BCUT2D eigenvalue weighted by molar-refractivity contribution is 9.10. The molecule has 68 valence electrons. The lowest BCUT2D eigenvalue weighted by Gasteiger charge is -2.00. The zero-order chi connectivity index (χ0) is 9.14. The van der Waals surface area contributed by atoms with E-state index in [0.717, 1.165) is 16.2 Å². The van der Waals surface area contributed by atoms with Crippen LogP contribution >= 0.6 is 27.7 Å². The molecule has 0 atom stereocenters. The lowest BCUT2D eigenvalue weighted by Crippen LogP contribution is -1.88. The highest BCUT2D eigenvalue weighted by Crippen LogP contribution is 2.17. The molecule has 2 nitrogen and oxygen atoms in total. The Balaban J connectivity index is 2.53. The minimum atomic E-state index is 0.672. The molecule has 12 heavy (non-hydrogen) atoms. The molecule has 0 aliphatic rings. The lowest BCUT2D eigenvalue weighted by atomic mass is 10.5. The fraction of sp³-hybridized carbons (Fsp3) is 0.625. The molecule has 0 saturated carbocycles. The minimum Gasteiger partial charge on any atom is -0.328 e. The van der Waals surface area contributed by atoms with Crippen LogP contribution < -0.4 is 0 Å². The van der Waals surface area contributed by atoms with Gasteiger partial charge in [-0.3, -0.25) is 0 Å². The molecule has 0 amide bonds. The number of hydrogen-bond donors (Lipinski definition) is 0. The van der Waals surface area contributed by atoms with Gasteiger partial charge in [0.1, 0.15) is 0 Å². The van der Waals surface area contributed by atoms with Crippen molar-refractivity contribution >= 4 is 27.7 Å². The molecule has 0 aliphatic carbocycles. The maximum Gasteiger partial charge on any atom is 0.177 e. The van der Waals surface area contributed by atoms with Crippen molar-refractivity contribution in [3.8, 4) is 0 Å². The SMILES string of the molecule is CC(C)SCc1cn(C)c(Br)n1. The third kappa shape index (κ3) is 2.83. The zero-order valence-electron chi connectivity index (χ0n) is 7.54. The first-order chi connectivity index (χ1) is 5.59. The fourth-order valence-corrected chi connectivity index (χ4v) is 1.80. The number of aromatic nitrogens is 2. The molecule has 0 radical (unpaired) electrons. The Morgan fingerprint density at radius 2 is 2.33 bits per heavy atom. The Bertz CT molecular complexity index is 238. The van der Waals surface area contributed by atoms with Crippen LogP contribution in [-0.2, 0) is 12.8 Å². The lowest BCUT2D eigenvalue weighted by molar-refractivity contribution is 0.881. The molecule has 1 aromatic rings. The van der Waals surface area contributed by atoms with Crippen molar-refractivity contribution in [1.82, 2.24) is 9.55 Å². The highest BCUT2D eigenvalue weighted by Gasteiger charge is 2.02. The molecule has 0 bridgehead atoms. The summed E-state index contributed by atoms with van der Waals surface area (Å²) in [5.74, 6) is 0.997. The number of thioether (sulfide) groups is 1. The van der Waals surface area contributed by atoms with Crippen LogP contribution in [-0.4, -0.2) is 14.8 Å². The topological polar surface area (TPSA) is 17.8 Å². The van der Waals surface area contributed by atoms with Gasteiger partial charge >= 0.3 is 0 Å². The van der Waals surface area contributed by atoms with E-state index in [0.29, 0.717) is 5.25 Å². The molecular formula is C8H13BrN2S. The Morgan fingerprint density at radius 1 is 1.67 bits per heavy atom. The van der Waals surface area contributed by atoms with Crippen molar-refractivity contribution in [2.24, 2.45) is 7.05 Å². The first-order valence-corrected chi connectivity index (χ1v) is 5.73. The van der Waals surface area contributed by atoms with Crippen LogP contribution in [0.25, 0.3) is 0 Å². The normalized spacial score (nSPS) is 11.1. The van der Waals surface area contributed by atoms with Crippen LogP contribution in [0.3, 0.4) is 0 Å². The van der Waals surface area contributed by atoms with Crippen LogP contribution in [0.1, 0.15) is 19.5 Å². The van der Waals surface area contributed by atoms with Gasteiger partial charge in [-0.25, -0.2) is 4.98 Å². The van der Waals surface area contributed by atoms with Crippen molar-refractivity contribution in [2.45, 2.75) is 24.9 Å². The number of halogens is 1. The predicted octanol–water partition coefficient (Wildman–Crippen LogP) is 2.82. The molecule has 0 unspecified atom stereocenters. The van der Waals surface area contributed by atoms with E-state index >= 15 is 0 Å². The Labute approximate surface area is 85.9 Å². The molecule has 0 fully saturated rings. The van der Waals surface area contributed by atoms with E-state index in [1.807, 2.05) is 23.4 Å². The molecule has 1 aromatic heterocycles. The quantitative estimate of drug-likeness (QED) is 0.819. The van der Waals surface area contributed by atoms with Gasteiger partial charge in [-0.15, -0.1) is 0 Å². The summed E-state index contributed by atoms with van der Waals surface area (Å²) < 4.78 is 2.89. The van der Waals surface area contributed by atoms with E-state index in [9.17, 15) is 0 Å². The summed E-state index contributed by atoms with van der Waals surface area (Å²) in [4.78, 5) is 4.34. The van der Waals surface area contributed by atoms with Crippen molar-refractivity contribution in [3.63, 3.8) is 0 Å². The Kier molecular flexibility index (Phi) is 3.65. The molecule has 0 N–H and O–H groups in total. The van der Waals surface area contributed by atoms with Crippen molar-refractivity contribution < 1.29 is 0 Å². The number of aryl methyl sites for hydroxylation is 1. The standard InChI is InChI=1S/C8H13BrN2S/c1-6(2)12-5-7-4-11(3)8(9)10-7/h4,6H,5H2,1-3H3. The maximum atomic E-state index is 4.34. The zero-order valence-corrected chi connectivity index (χ0v) is 9.94. The van der Waals surface area contributed by atoms with Crippen LogP contribution in [0.15, 0.2) is 10.9 Å². The molecule has 1 rings (SSSR count). The third-order valence-corrected chi connectivity index (χ3v) is 3.30. The first kappa shape index (κ1) is 10.1. The average molecular weight is 249 g/mol. The second kappa shape index (κ2) is 4.33. The Hall–Kier alpha value is 0.0400. The van der Waals surface area contributed by atoms with E-state index in [2.05, 4.69) is 41.0 Å². The van der Waals surface area contributed by atoms with E-state index in [4.69, 9.17) is 0 Å². The summed E-state index contributed by atoms with van der Waals surface area (Å²) in [6.45, 7) is 4.39. The molecule has 0 spiro atoms. The van der Waals surface area contributed by atoms with E-state index < -0.39 is 0 Å². The van der Waals surface area contributed by atoms with Crippen LogP contribution in [0.2, 0.25) is 0 Å². The molecule has 1 heterocycles. The van der Waals surface area contributed by atoms with Gasteiger partial charge in [0.25, 0.3) is 0 Å². The first-order valence-electron chi connectivity index (χ1n) is 3.89. The fourth-order valence-electron chi connectivity index (χ4n) is 0.825. The van der Waals surface area contributed by atoms with Gasteiger partial charge in [0, 0.05) is 19.0 Å². The number of imidazole rings is 1. The second-order valence-corrected chi connectivity index (χ2v) is 5.25. The van der Waals surface area contributed by atoms with Crippen molar-refractivity contribution in [2.75, 3.05) is 0 Å². The summed E-state index contributed by atoms with van der Waals surface area (Å²) in [5, 5.41) is 0.672. The van der Waals surface area contributed by atoms with Gasteiger partial charge in [-0.1, -0.05) is 13.8 Å². The summed E-state index contributed by atoms with van der Waals surface area (Å²) in [6.07, 6.45) is 2.06. The minimum absolute atomic E-state index is 0.672. The summed E-state index contributed by atoms with van der Waals surface area (Å²) in [7, 11) is 1.99. The third-order valence-electron chi connectivity index (χ3n) is 1.43. The average Bonchev–Trinajstić information content (AvgIpc) is 2.28. The largest absolute Gasteiger partial charge is 0.328 e. The predicted molar refractivity (Wildman–Crippen MR) is 57.3 cm³/mol. The maximum absolute atomic E-state index is 4.34. The van der Waals surface area contributed by atoms with Gasteiger partial charge in [-0.2, -0.15) is 11.8 Å². The number of rotatable bonds is 3. The molecule has 0 aliphatic heterocycles. The van der Waals surface area contributed by atoms with Gasteiger partial charge in [0.05, 0.1) is 5.69 Å². The highest BCUT2D eigenvalue weighted by atomic mass is 79.9. The summed E-state index contributed by atoms with van der Waals surface area (Å²) in [6, 6.07) is 0. The van der Waals surface area contributed by atoms with Gasteiger partial charge < -0.3 is 4.57 Å². The Morgan fingerprint density at radius 3 is 2.75 bits per heavy atom. The van der Waals surface area contributed by atoms with Crippen LogP contribution in [0.4, 0.5) is 0 Å². The molecule has 4 heteroatoms. The van der Waals surface area contributed by atoms with Gasteiger partial charge in [0.2, 0.25) is 0 Å².